The number of nitrogens with zero attached hydrogens (tertiary/aromatic N) is 1. The lowest BCUT2D eigenvalue weighted by Crippen LogP contribution is -2.49. The monoisotopic (exact) mass is 282 g/mol. The molecule has 0 spiro atoms. The Bertz CT molecular complexity index is 474. The van der Waals surface area contributed by atoms with Crippen LogP contribution in [-0.2, 0) is 16.1 Å². The minimum atomic E-state index is -1.04. The predicted octanol–water partition coefficient (Wildman–Crippen LogP) is 1.36. The van der Waals surface area contributed by atoms with Gasteiger partial charge in [0.15, 0.2) is 0 Å². The molecule has 0 saturated carbocycles. The molecule has 1 amide bonds. The third-order valence-corrected chi connectivity index (χ3v) is 2.99. The smallest absolute Gasteiger partial charge is 0.326 e. The summed E-state index contributed by atoms with van der Waals surface area (Å²) in [6.45, 7) is 6.35. The highest BCUT2D eigenvalue weighted by Gasteiger charge is 2.33. The molecule has 2 N–H and O–H groups in total. The van der Waals surface area contributed by atoms with E-state index in [1.807, 2.05) is 0 Å². The number of ether oxygens (including phenoxy) is 1. The van der Waals surface area contributed by atoms with E-state index >= 15 is 0 Å². The second kappa shape index (κ2) is 6.56. The van der Waals surface area contributed by atoms with E-state index in [0.717, 1.165) is 0 Å². The van der Waals surface area contributed by atoms with Crippen molar-refractivity contribution in [1.82, 2.24) is 9.88 Å². The summed E-state index contributed by atoms with van der Waals surface area (Å²) in [7, 11) is 1.59. The molecular formula is C14H22N2O4. The lowest BCUT2D eigenvalue weighted by molar-refractivity contribution is -0.142. The van der Waals surface area contributed by atoms with Gasteiger partial charge in [-0.2, -0.15) is 0 Å². The molecular weight excluding hydrogens is 260 g/mol. The van der Waals surface area contributed by atoms with Gasteiger partial charge in [0.2, 0.25) is 0 Å². The van der Waals surface area contributed by atoms with E-state index in [9.17, 15) is 14.7 Å². The van der Waals surface area contributed by atoms with E-state index in [2.05, 4.69) is 5.32 Å². The molecule has 1 heterocycles. The maximum atomic E-state index is 12.2. The van der Waals surface area contributed by atoms with Crippen LogP contribution >= 0.6 is 0 Å². The van der Waals surface area contributed by atoms with Crippen LogP contribution in [0.3, 0.4) is 0 Å². The number of hydrogen-bond donors (Lipinski definition) is 2. The molecule has 0 radical (unpaired) electrons. The van der Waals surface area contributed by atoms with Crippen molar-refractivity contribution in [2.75, 3.05) is 13.7 Å². The number of nitrogens with one attached hydrogen (secondary N) is 1. The van der Waals surface area contributed by atoms with Gasteiger partial charge in [0.25, 0.3) is 5.91 Å². The van der Waals surface area contributed by atoms with Gasteiger partial charge < -0.3 is 19.7 Å². The zero-order valence-electron chi connectivity index (χ0n) is 12.3. The van der Waals surface area contributed by atoms with Gasteiger partial charge in [-0.3, -0.25) is 4.79 Å². The quantitative estimate of drug-likeness (QED) is 0.825. The Kier molecular flexibility index (Phi) is 5.33. The Balaban J connectivity index is 2.85. The van der Waals surface area contributed by atoms with E-state index in [1.54, 1.807) is 50.8 Å². The number of carbonyl (C=O) groups excluding carboxylic acids is 1. The summed E-state index contributed by atoms with van der Waals surface area (Å²) in [5.74, 6) is -1.44. The number of amides is 1. The SMILES string of the molecule is COCCn1cccc1C(=O)N[C@H](C(=O)O)C(C)(C)C. The molecule has 0 aliphatic carbocycles. The maximum Gasteiger partial charge on any atom is 0.326 e. The zero-order valence-corrected chi connectivity index (χ0v) is 12.3. The highest BCUT2D eigenvalue weighted by Crippen LogP contribution is 2.20. The summed E-state index contributed by atoms with van der Waals surface area (Å²) in [5, 5.41) is 11.8. The summed E-state index contributed by atoms with van der Waals surface area (Å²) >= 11 is 0. The van der Waals surface area contributed by atoms with Crippen molar-refractivity contribution in [2.24, 2.45) is 5.41 Å². The largest absolute Gasteiger partial charge is 0.480 e. The van der Waals surface area contributed by atoms with Gasteiger partial charge >= 0.3 is 5.97 Å². The van der Waals surface area contributed by atoms with E-state index in [4.69, 9.17) is 4.74 Å². The lowest BCUT2D eigenvalue weighted by atomic mass is 9.86. The molecule has 112 valence electrons. The van der Waals surface area contributed by atoms with E-state index in [1.165, 1.54) is 0 Å². The molecule has 0 aliphatic rings. The minimum Gasteiger partial charge on any atom is -0.480 e. The second-order valence-corrected chi connectivity index (χ2v) is 5.69. The van der Waals surface area contributed by atoms with Crippen molar-refractivity contribution in [2.45, 2.75) is 33.4 Å². The standard InChI is InChI=1S/C14H22N2O4/c1-14(2,3)11(13(18)19)15-12(17)10-6-5-7-16(10)8-9-20-4/h5-7,11H,8-9H2,1-4H3,(H,15,17)(H,18,19)/t11-/m1/s1. The van der Waals surface area contributed by atoms with Crippen molar-refractivity contribution < 1.29 is 19.4 Å². The summed E-state index contributed by atoms with van der Waals surface area (Å²) in [6, 6.07) is 2.46. The van der Waals surface area contributed by atoms with Gasteiger partial charge in [-0.05, 0) is 17.5 Å². The molecule has 0 saturated heterocycles. The van der Waals surface area contributed by atoms with Gasteiger partial charge in [-0.25, -0.2) is 4.79 Å². The van der Waals surface area contributed by atoms with Crippen LogP contribution in [0.4, 0.5) is 0 Å². The maximum absolute atomic E-state index is 12.2. The molecule has 0 unspecified atom stereocenters. The van der Waals surface area contributed by atoms with E-state index in [-0.39, 0.29) is 0 Å². The summed E-state index contributed by atoms with van der Waals surface area (Å²) in [6.07, 6.45) is 1.76. The molecule has 1 aromatic heterocycles. The number of carbonyl (C=O) groups is 2. The second-order valence-electron chi connectivity index (χ2n) is 5.69. The van der Waals surface area contributed by atoms with Crippen molar-refractivity contribution in [1.29, 1.82) is 0 Å². The summed E-state index contributed by atoms with van der Waals surface area (Å²) < 4.78 is 6.71. The number of hydrogen-bond acceptors (Lipinski definition) is 3. The number of aromatic nitrogens is 1. The third-order valence-electron chi connectivity index (χ3n) is 2.99. The normalized spacial score (nSPS) is 13.0. The molecule has 1 aromatic rings. The number of rotatable bonds is 6. The van der Waals surface area contributed by atoms with Crippen LogP contribution in [0.15, 0.2) is 18.3 Å². The number of methoxy groups -OCH3 is 1. The van der Waals surface area contributed by atoms with Crippen molar-refractivity contribution in [3.05, 3.63) is 24.0 Å². The van der Waals surface area contributed by atoms with Crippen LogP contribution in [0.5, 0.6) is 0 Å². The molecule has 0 aromatic carbocycles. The number of aliphatic carboxylic acids is 1. The first-order valence-corrected chi connectivity index (χ1v) is 6.45. The van der Waals surface area contributed by atoms with Gasteiger partial charge in [-0.15, -0.1) is 0 Å². The first kappa shape index (κ1) is 16.2. The Hall–Kier alpha value is -1.82. The van der Waals surface area contributed by atoms with Crippen LogP contribution in [0.25, 0.3) is 0 Å². The summed E-state index contributed by atoms with van der Waals surface area (Å²) in [5.41, 5.74) is -0.136. The average molecular weight is 282 g/mol. The van der Waals surface area contributed by atoms with Crippen molar-refractivity contribution in [3.63, 3.8) is 0 Å². The fraction of sp³-hybridized carbons (Fsp3) is 0.571. The lowest BCUT2D eigenvalue weighted by Gasteiger charge is -2.27. The van der Waals surface area contributed by atoms with Gasteiger partial charge in [-0.1, -0.05) is 20.8 Å². The molecule has 0 fully saturated rings. The average Bonchev–Trinajstić information content (AvgIpc) is 2.79. The Labute approximate surface area is 118 Å². The van der Waals surface area contributed by atoms with Crippen LogP contribution in [0, 0.1) is 5.41 Å². The topological polar surface area (TPSA) is 80.6 Å². The highest BCUT2D eigenvalue weighted by molar-refractivity contribution is 5.95. The van der Waals surface area contributed by atoms with Crippen molar-refractivity contribution in [3.8, 4) is 0 Å². The molecule has 6 heteroatoms. The van der Waals surface area contributed by atoms with Gasteiger partial charge in [0.05, 0.1) is 6.61 Å². The highest BCUT2D eigenvalue weighted by atomic mass is 16.5. The molecule has 1 atom stereocenters. The molecule has 20 heavy (non-hydrogen) atoms. The molecule has 6 nitrogen and oxygen atoms in total. The van der Waals surface area contributed by atoms with Gasteiger partial charge in [0, 0.05) is 19.9 Å². The van der Waals surface area contributed by atoms with Crippen LogP contribution < -0.4 is 5.32 Å². The Morgan fingerprint density at radius 2 is 2.10 bits per heavy atom. The van der Waals surface area contributed by atoms with Crippen LogP contribution in [-0.4, -0.2) is 41.3 Å². The zero-order chi connectivity index (χ0) is 15.3. The fourth-order valence-electron chi connectivity index (χ4n) is 1.86. The summed E-state index contributed by atoms with van der Waals surface area (Å²) in [4.78, 5) is 23.5. The fourth-order valence-corrected chi connectivity index (χ4v) is 1.86. The molecule has 0 bridgehead atoms. The Morgan fingerprint density at radius 1 is 1.45 bits per heavy atom. The van der Waals surface area contributed by atoms with Crippen molar-refractivity contribution >= 4 is 11.9 Å². The van der Waals surface area contributed by atoms with Gasteiger partial charge in [0.1, 0.15) is 11.7 Å². The predicted molar refractivity (Wildman–Crippen MR) is 74.7 cm³/mol. The van der Waals surface area contributed by atoms with Crippen LogP contribution in [0.1, 0.15) is 31.3 Å². The van der Waals surface area contributed by atoms with E-state index < -0.39 is 23.3 Å². The first-order chi connectivity index (χ1) is 9.27. The Morgan fingerprint density at radius 3 is 2.60 bits per heavy atom. The van der Waals surface area contributed by atoms with E-state index in [0.29, 0.717) is 18.8 Å². The third kappa shape index (κ3) is 4.09. The molecule has 1 rings (SSSR count). The molecule has 0 aliphatic heterocycles. The minimum absolute atomic E-state index is 0.395. The number of carboxylic acids is 1. The number of carboxylic acid groups (broad SMARTS) is 1. The first-order valence-electron chi connectivity index (χ1n) is 6.45. The van der Waals surface area contributed by atoms with Crippen LogP contribution in [0.2, 0.25) is 0 Å².